The number of carbonyl (C=O) groups excluding carboxylic acids is 2. The third-order valence-corrected chi connectivity index (χ3v) is 2.77. The van der Waals surface area contributed by atoms with Crippen LogP contribution in [0.4, 0.5) is 10.1 Å². The van der Waals surface area contributed by atoms with E-state index >= 15 is 0 Å². The molecule has 0 aliphatic carbocycles. The summed E-state index contributed by atoms with van der Waals surface area (Å²) >= 11 is 0. The van der Waals surface area contributed by atoms with Crippen molar-refractivity contribution < 1.29 is 18.7 Å². The molecule has 0 aromatic heterocycles. The molecule has 22 heavy (non-hydrogen) atoms. The first kappa shape index (κ1) is 15.5. The standard InChI is InChI=1S/C16H15FN2O3/c17-12-3-1-2-11(8-12)9-16(21)19-13-4-6-14(7-5-13)22-10-15(18)20/h1-8H,9-10H2,(H2,18,20)(H,19,21). The fourth-order valence-corrected chi connectivity index (χ4v) is 1.83. The molecule has 2 rings (SSSR count). The molecule has 0 spiro atoms. The van der Waals surface area contributed by atoms with Crippen LogP contribution in [0.5, 0.6) is 5.75 Å². The molecule has 0 heterocycles. The van der Waals surface area contributed by atoms with Crippen LogP contribution >= 0.6 is 0 Å². The van der Waals surface area contributed by atoms with Gasteiger partial charge in [-0.25, -0.2) is 4.39 Å². The van der Waals surface area contributed by atoms with Gasteiger partial charge in [-0.2, -0.15) is 0 Å². The van der Waals surface area contributed by atoms with Gasteiger partial charge in [0.2, 0.25) is 5.91 Å². The molecule has 2 aromatic carbocycles. The molecule has 0 atom stereocenters. The smallest absolute Gasteiger partial charge is 0.255 e. The van der Waals surface area contributed by atoms with Crippen LogP contribution in [0.25, 0.3) is 0 Å². The number of nitrogens with two attached hydrogens (primary N) is 1. The highest BCUT2D eigenvalue weighted by molar-refractivity contribution is 5.92. The van der Waals surface area contributed by atoms with E-state index in [2.05, 4.69) is 5.32 Å². The number of primary amides is 1. The van der Waals surface area contributed by atoms with Crippen molar-refractivity contribution in [3.63, 3.8) is 0 Å². The Bertz CT molecular complexity index is 671. The average molecular weight is 302 g/mol. The quantitative estimate of drug-likeness (QED) is 0.854. The minimum Gasteiger partial charge on any atom is -0.484 e. The molecular weight excluding hydrogens is 287 g/mol. The predicted molar refractivity (Wildman–Crippen MR) is 79.9 cm³/mol. The SMILES string of the molecule is NC(=O)COc1ccc(NC(=O)Cc2cccc(F)c2)cc1. The van der Waals surface area contributed by atoms with Gasteiger partial charge in [-0.3, -0.25) is 9.59 Å². The maximum Gasteiger partial charge on any atom is 0.255 e. The highest BCUT2D eigenvalue weighted by Gasteiger charge is 2.05. The number of halogens is 1. The molecule has 2 aromatic rings. The molecule has 0 bridgehead atoms. The molecule has 5 nitrogen and oxygen atoms in total. The molecule has 0 aliphatic heterocycles. The van der Waals surface area contributed by atoms with Gasteiger partial charge in [0.1, 0.15) is 11.6 Å². The number of hydrogen-bond acceptors (Lipinski definition) is 3. The summed E-state index contributed by atoms with van der Waals surface area (Å²) in [6.45, 7) is -0.203. The Morgan fingerprint density at radius 1 is 1.14 bits per heavy atom. The van der Waals surface area contributed by atoms with Gasteiger partial charge < -0.3 is 15.8 Å². The van der Waals surface area contributed by atoms with E-state index < -0.39 is 5.91 Å². The van der Waals surface area contributed by atoms with E-state index in [9.17, 15) is 14.0 Å². The summed E-state index contributed by atoms with van der Waals surface area (Å²) in [6, 6.07) is 12.4. The normalized spacial score (nSPS) is 10.0. The molecule has 114 valence electrons. The van der Waals surface area contributed by atoms with E-state index in [0.29, 0.717) is 17.0 Å². The summed E-state index contributed by atoms with van der Waals surface area (Å²) in [5.74, 6) is -0.716. The maximum absolute atomic E-state index is 13.0. The van der Waals surface area contributed by atoms with Crippen LogP contribution in [0.15, 0.2) is 48.5 Å². The van der Waals surface area contributed by atoms with Crippen LogP contribution in [0, 0.1) is 5.82 Å². The van der Waals surface area contributed by atoms with Crippen LogP contribution in [0.1, 0.15) is 5.56 Å². The average Bonchev–Trinajstić information content (AvgIpc) is 2.46. The molecule has 6 heteroatoms. The molecule has 2 amide bonds. The van der Waals surface area contributed by atoms with Gasteiger partial charge >= 0.3 is 0 Å². The zero-order chi connectivity index (χ0) is 15.9. The van der Waals surface area contributed by atoms with Crippen molar-refractivity contribution in [3.8, 4) is 5.75 Å². The van der Waals surface area contributed by atoms with E-state index in [-0.39, 0.29) is 24.8 Å². The number of hydrogen-bond donors (Lipinski definition) is 2. The van der Waals surface area contributed by atoms with Crippen LogP contribution in [-0.4, -0.2) is 18.4 Å². The van der Waals surface area contributed by atoms with E-state index in [0.717, 1.165) is 0 Å². The number of anilines is 1. The summed E-state index contributed by atoms with van der Waals surface area (Å²) in [4.78, 5) is 22.5. The van der Waals surface area contributed by atoms with Gasteiger partial charge in [0.15, 0.2) is 6.61 Å². The molecule has 0 saturated carbocycles. The first-order valence-corrected chi connectivity index (χ1v) is 6.58. The van der Waals surface area contributed by atoms with Crippen LogP contribution < -0.4 is 15.8 Å². The fourth-order valence-electron chi connectivity index (χ4n) is 1.83. The van der Waals surface area contributed by atoms with Gasteiger partial charge in [-0.1, -0.05) is 12.1 Å². The Balaban J connectivity index is 1.90. The van der Waals surface area contributed by atoms with Gasteiger partial charge in [0.25, 0.3) is 5.91 Å². The first-order chi connectivity index (χ1) is 10.5. The zero-order valence-corrected chi connectivity index (χ0v) is 11.7. The van der Waals surface area contributed by atoms with Crippen molar-refractivity contribution in [2.24, 2.45) is 5.73 Å². The number of rotatable bonds is 6. The molecule has 0 radical (unpaired) electrons. The van der Waals surface area contributed by atoms with Gasteiger partial charge in [-0.05, 0) is 42.0 Å². The second-order valence-corrected chi connectivity index (χ2v) is 4.63. The molecular formula is C16H15FN2O3. The highest BCUT2D eigenvalue weighted by atomic mass is 19.1. The summed E-state index contributed by atoms with van der Waals surface area (Å²) in [5.41, 5.74) is 6.15. The largest absolute Gasteiger partial charge is 0.484 e. The Morgan fingerprint density at radius 3 is 2.50 bits per heavy atom. The van der Waals surface area contributed by atoms with Crippen molar-refractivity contribution in [1.82, 2.24) is 0 Å². The van der Waals surface area contributed by atoms with Crippen molar-refractivity contribution in [3.05, 3.63) is 59.9 Å². The van der Waals surface area contributed by atoms with E-state index in [4.69, 9.17) is 10.5 Å². The van der Waals surface area contributed by atoms with Crippen molar-refractivity contribution >= 4 is 17.5 Å². The molecule has 0 aliphatic rings. The fraction of sp³-hybridized carbons (Fsp3) is 0.125. The lowest BCUT2D eigenvalue weighted by Crippen LogP contribution is -2.20. The van der Waals surface area contributed by atoms with Crippen LogP contribution in [-0.2, 0) is 16.0 Å². The number of ether oxygens (including phenoxy) is 1. The Labute approximate surface area is 126 Å². The van der Waals surface area contributed by atoms with Crippen LogP contribution in [0.3, 0.4) is 0 Å². The lowest BCUT2D eigenvalue weighted by molar-refractivity contribution is -0.120. The third-order valence-electron chi connectivity index (χ3n) is 2.77. The van der Waals surface area contributed by atoms with Gasteiger partial charge in [0, 0.05) is 5.69 Å². The van der Waals surface area contributed by atoms with Gasteiger partial charge in [0.05, 0.1) is 6.42 Å². The molecule has 0 fully saturated rings. The minimum absolute atomic E-state index is 0.0810. The summed E-state index contributed by atoms with van der Waals surface area (Å²) < 4.78 is 18.1. The number of carbonyl (C=O) groups is 2. The second-order valence-electron chi connectivity index (χ2n) is 4.63. The zero-order valence-electron chi connectivity index (χ0n) is 11.7. The lowest BCUT2D eigenvalue weighted by Gasteiger charge is -2.07. The van der Waals surface area contributed by atoms with Crippen molar-refractivity contribution in [2.45, 2.75) is 6.42 Å². The minimum atomic E-state index is -0.563. The number of amides is 2. The van der Waals surface area contributed by atoms with E-state index in [1.807, 2.05) is 0 Å². The molecule has 3 N–H and O–H groups in total. The molecule has 0 saturated heterocycles. The Morgan fingerprint density at radius 2 is 1.86 bits per heavy atom. The molecule has 0 unspecified atom stereocenters. The first-order valence-electron chi connectivity index (χ1n) is 6.58. The summed E-state index contributed by atoms with van der Waals surface area (Å²) in [6.07, 6.45) is 0.0810. The topological polar surface area (TPSA) is 81.4 Å². The monoisotopic (exact) mass is 302 g/mol. The summed E-state index contributed by atoms with van der Waals surface area (Å²) in [7, 11) is 0. The number of benzene rings is 2. The van der Waals surface area contributed by atoms with Crippen LogP contribution in [0.2, 0.25) is 0 Å². The van der Waals surface area contributed by atoms with E-state index in [1.165, 1.54) is 12.1 Å². The summed E-state index contributed by atoms with van der Waals surface area (Å²) in [5, 5.41) is 2.69. The van der Waals surface area contributed by atoms with Crippen molar-refractivity contribution in [1.29, 1.82) is 0 Å². The Kier molecular flexibility index (Phi) is 5.08. The predicted octanol–water partition coefficient (Wildman–Crippen LogP) is 1.87. The Hall–Kier alpha value is -2.89. The highest BCUT2D eigenvalue weighted by Crippen LogP contribution is 2.16. The number of nitrogens with one attached hydrogen (secondary N) is 1. The van der Waals surface area contributed by atoms with Crippen molar-refractivity contribution in [2.75, 3.05) is 11.9 Å². The van der Waals surface area contributed by atoms with E-state index in [1.54, 1.807) is 36.4 Å². The maximum atomic E-state index is 13.0. The van der Waals surface area contributed by atoms with Gasteiger partial charge in [-0.15, -0.1) is 0 Å². The second kappa shape index (κ2) is 7.21. The third kappa shape index (κ3) is 4.90. The lowest BCUT2D eigenvalue weighted by atomic mass is 10.1.